The molecule has 94 valence electrons. The normalized spacial score (nSPS) is 11.3. The number of carbonyl (C=O) groups is 1. The summed E-state index contributed by atoms with van der Waals surface area (Å²) >= 11 is 0. The second-order valence-corrected chi connectivity index (χ2v) is 5.00. The second-order valence-electron chi connectivity index (χ2n) is 5.00. The minimum absolute atomic E-state index is 0.212. The lowest BCUT2D eigenvalue weighted by Gasteiger charge is -2.25. The van der Waals surface area contributed by atoms with Crippen molar-refractivity contribution in [2.45, 2.75) is 39.8 Å². The van der Waals surface area contributed by atoms with Gasteiger partial charge in [0, 0.05) is 19.0 Å². The first kappa shape index (κ1) is 13.7. The van der Waals surface area contributed by atoms with Crippen LogP contribution >= 0.6 is 0 Å². The molecule has 0 spiro atoms. The van der Waals surface area contributed by atoms with Crippen LogP contribution in [0, 0.1) is 6.92 Å². The van der Waals surface area contributed by atoms with E-state index in [2.05, 4.69) is 36.5 Å². The Morgan fingerprint density at radius 3 is 2.41 bits per heavy atom. The molecule has 0 unspecified atom stereocenters. The van der Waals surface area contributed by atoms with Crippen LogP contribution in [0.15, 0.2) is 24.3 Å². The molecule has 0 saturated heterocycles. The Balaban J connectivity index is 2.43. The summed E-state index contributed by atoms with van der Waals surface area (Å²) in [4.78, 5) is 10.8. The summed E-state index contributed by atoms with van der Waals surface area (Å²) in [5.74, 6) is -0.241. The van der Waals surface area contributed by atoms with E-state index in [0.29, 0.717) is 6.61 Å². The fourth-order valence-corrected chi connectivity index (χ4v) is 1.38. The topological polar surface area (TPSA) is 38.3 Å². The SMILES string of the molecule is CC(=O)OCC(C)(C)NCc1ccc(C)cc1. The molecule has 0 atom stereocenters. The zero-order valence-electron chi connectivity index (χ0n) is 11.0. The first-order chi connectivity index (χ1) is 7.89. The molecule has 0 aromatic heterocycles. The minimum atomic E-state index is -0.241. The van der Waals surface area contributed by atoms with E-state index in [1.807, 2.05) is 13.8 Å². The van der Waals surface area contributed by atoms with Crippen molar-refractivity contribution in [2.24, 2.45) is 0 Å². The Bertz CT molecular complexity index is 368. The van der Waals surface area contributed by atoms with Gasteiger partial charge in [-0.25, -0.2) is 0 Å². The zero-order chi connectivity index (χ0) is 12.9. The molecule has 0 aliphatic carbocycles. The molecule has 1 aromatic carbocycles. The van der Waals surface area contributed by atoms with Crippen molar-refractivity contribution < 1.29 is 9.53 Å². The predicted octanol–water partition coefficient (Wildman–Crippen LogP) is 2.43. The highest BCUT2D eigenvalue weighted by molar-refractivity contribution is 5.65. The summed E-state index contributed by atoms with van der Waals surface area (Å²) in [6.07, 6.45) is 0. The maximum Gasteiger partial charge on any atom is 0.302 e. The molecule has 0 saturated carbocycles. The van der Waals surface area contributed by atoms with Gasteiger partial charge < -0.3 is 10.1 Å². The van der Waals surface area contributed by atoms with Crippen molar-refractivity contribution in [2.75, 3.05) is 6.61 Å². The van der Waals surface area contributed by atoms with Gasteiger partial charge in [-0.2, -0.15) is 0 Å². The van der Waals surface area contributed by atoms with E-state index in [-0.39, 0.29) is 11.5 Å². The molecule has 17 heavy (non-hydrogen) atoms. The smallest absolute Gasteiger partial charge is 0.302 e. The first-order valence-electron chi connectivity index (χ1n) is 5.83. The average Bonchev–Trinajstić information content (AvgIpc) is 2.26. The number of rotatable bonds is 5. The third-order valence-corrected chi connectivity index (χ3v) is 2.53. The predicted molar refractivity (Wildman–Crippen MR) is 68.7 cm³/mol. The second kappa shape index (κ2) is 5.82. The third kappa shape index (κ3) is 5.50. The molecule has 0 aliphatic heterocycles. The standard InChI is InChI=1S/C14H21NO2/c1-11-5-7-13(8-6-11)9-15-14(3,4)10-17-12(2)16/h5-8,15H,9-10H2,1-4H3. The molecule has 1 aromatic rings. The number of esters is 1. The van der Waals surface area contributed by atoms with Crippen LogP contribution in [-0.4, -0.2) is 18.1 Å². The molecule has 1 rings (SSSR count). The van der Waals surface area contributed by atoms with Gasteiger partial charge in [0.25, 0.3) is 0 Å². The molecule has 1 N–H and O–H groups in total. The quantitative estimate of drug-likeness (QED) is 0.797. The van der Waals surface area contributed by atoms with Gasteiger partial charge in [0.1, 0.15) is 6.61 Å². The molecule has 0 fully saturated rings. The van der Waals surface area contributed by atoms with Crippen molar-refractivity contribution >= 4 is 5.97 Å². The highest BCUT2D eigenvalue weighted by atomic mass is 16.5. The van der Waals surface area contributed by atoms with E-state index in [1.54, 1.807) is 0 Å². The highest BCUT2D eigenvalue weighted by Crippen LogP contribution is 2.07. The molecule has 0 bridgehead atoms. The van der Waals surface area contributed by atoms with E-state index in [0.717, 1.165) is 6.54 Å². The van der Waals surface area contributed by atoms with Crippen molar-refractivity contribution in [3.8, 4) is 0 Å². The van der Waals surface area contributed by atoms with Crippen molar-refractivity contribution in [3.05, 3.63) is 35.4 Å². The zero-order valence-corrected chi connectivity index (χ0v) is 11.0. The summed E-state index contributed by atoms with van der Waals surface area (Å²) in [7, 11) is 0. The molecule has 0 heterocycles. The lowest BCUT2D eigenvalue weighted by Crippen LogP contribution is -2.43. The van der Waals surface area contributed by atoms with Gasteiger partial charge in [0.15, 0.2) is 0 Å². The van der Waals surface area contributed by atoms with Gasteiger partial charge in [-0.05, 0) is 26.3 Å². The third-order valence-electron chi connectivity index (χ3n) is 2.53. The van der Waals surface area contributed by atoms with Gasteiger partial charge >= 0.3 is 5.97 Å². The van der Waals surface area contributed by atoms with E-state index < -0.39 is 0 Å². The van der Waals surface area contributed by atoms with Gasteiger partial charge in [0.2, 0.25) is 0 Å². The van der Waals surface area contributed by atoms with Crippen molar-refractivity contribution in [1.29, 1.82) is 0 Å². The average molecular weight is 235 g/mol. The molecular formula is C14H21NO2. The number of benzene rings is 1. The number of aryl methyl sites for hydroxylation is 1. The number of nitrogens with one attached hydrogen (secondary N) is 1. The lowest BCUT2D eigenvalue weighted by molar-refractivity contribution is -0.142. The Morgan fingerprint density at radius 2 is 1.88 bits per heavy atom. The van der Waals surface area contributed by atoms with Crippen LogP contribution in [0.25, 0.3) is 0 Å². The fraction of sp³-hybridized carbons (Fsp3) is 0.500. The summed E-state index contributed by atoms with van der Waals surface area (Å²) in [6, 6.07) is 8.39. The molecule has 3 nitrogen and oxygen atoms in total. The van der Waals surface area contributed by atoms with Gasteiger partial charge in [0.05, 0.1) is 0 Å². The fourth-order valence-electron chi connectivity index (χ4n) is 1.38. The maximum atomic E-state index is 10.8. The highest BCUT2D eigenvalue weighted by Gasteiger charge is 2.18. The van der Waals surface area contributed by atoms with E-state index in [4.69, 9.17) is 4.74 Å². The monoisotopic (exact) mass is 235 g/mol. The van der Waals surface area contributed by atoms with Crippen LogP contribution in [0.5, 0.6) is 0 Å². The Labute approximate surface area is 103 Å². The van der Waals surface area contributed by atoms with Crippen LogP contribution in [0.1, 0.15) is 31.9 Å². The lowest BCUT2D eigenvalue weighted by atomic mass is 10.1. The molecule has 0 radical (unpaired) electrons. The number of hydrogen-bond donors (Lipinski definition) is 1. The van der Waals surface area contributed by atoms with Gasteiger partial charge in [-0.15, -0.1) is 0 Å². The summed E-state index contributed by atoms with van der Waals surface area (Å²) in [6.45, 7) is 8.69. The van der Waals surface area contributed by atoms with Crippen LogP contribution < -0.4 is 5.32 Å². The van der Waals surface area contributed by atoms with Gasteiger partial charge in [-0.3, -0.25) is 4.79 Å². The summed E-state index contributed by atoms with van der Waals surface area (Å²) in [5.41, 5.74) is 2.27. The maximum absolute atomic E-state index is 10.8. The minimum Gasteiger partial charge on any atom is -0.464 e. The van der Waals surface area contributed by atoms with E-state index in [1.165, 1.54) is 18.1 Å². The van der Waals surface area contributed by atoms with E-state index >= 15 is 0 Å². The molecule has 3 heteroatoms. The molecule has 0 amide bonds. The van der Waals surface area contributed by atoms with Crippen LogP contribution in [0.2, 0.25) is 0 Å². The molecular weight excluding hydrogens is 214 g/mol. The number of carbonyl (C=O) groups excluding carboxylic acids is 1. The summed E-state index contributed by atoms with van der Waals surface area (Å²) in [5, 5.41) is 3.37. The van der Waals surface area contributed by atoms with Crippen LogP contribution in [-0.2, 0) is 16.1 Å². The number of ether oxygens (including phenoxy) is 1. The molecule has 0 aliphatic rings. The summed E-state index contributed by atoms with van der Waals surface area (Å²) < 4.78 is 5.01. The van der Waals surface area contributed by atoms with Gasteiger partial charge in [-0.1, -0.05) is 29.8 Å². The van der Waals surface area contributed by atoms with Crippen molar-refractivity contribution in [3.63, 3.8) is 0 Å². The van der Waals surface area contributed by atoms with Crippen LogP contribution in [0.3, 0.4) is 0 Å². The Morgan fingerprint density at radius 1 is 1.29 bits per heavy atom. The largest absolute Gasteiger partial charge is 0.464 e. The Kier molecular flexibility index (Phi) is 4.70. The number of hydrogen-bond acceptors (Lipinski definition) is 3. The van der Waals surface area contributed by atoms with Crippen molar-refractivity contribution in [1.82, 2.24) is 5.32 Å². The Hall–Kier alpha value is -1.35. The van der Waals surface area contributed by atoms with Crippen LogP contribution in [0.4, 0.5) is 0 Å². The van der Waals surface area contributed by atoms with E-state index in [9.17, 15) is 4.79 Å². The first-order valence-corrected chi connectivity index (χ1v) is 5.83.